The van der Waals surface area contributed by atoms with Gasteiger partial charge in [-0.3, -0.25) is 0 Å². The molecule has 13 rings (SSSR count). The molecule has 0 atom stereocenters. The van der Waals surface area contributed by atoms with E-state index in [-0.39, 0.29) is 0 Å². The molecule has 0 amide bonds. The second kappa shape index (κ2) is 14.2. The van der Waals surface area contributed by atoms with Crippen LogP contribution in [-0.4, -0.2) is 26.4 Å². The van der Waals surface area contributed by atoms with E-state index in [0.29, 0.717) is 26.4 Å². The second-order valence-electron chi connectivity index (χ2n) is 16.7. The van der Waals surface area contributed by atoms with Gasteiger partial charge in [0.25, 0.3) is 0 Å². The fraction of sp³-hybridized carbons (Fsp3) is 0.107. The number of anilines is 6. The van der Waals surface area contributed by atoms with Crippen molar-refractivity contribution in [1.82, 2.24) is 0 Å². The van der Waals surface area contributed by atoms with E-state index in [1.54, 1.807) is 0 Å². The van der Waals surface area contributed by atoms with E-state index in [1.165, 1.54) is 0 Å². The van der Waals surface area contributed by atoms with Crippen molar-refractivity contribution in [2.24, 2.45) is 0 Å². The molecule has 64 heavy (non-hydrogen) atoms. The molecule has 0 saturated carbocycles. The number of furan rings is 2. The number of aryl methyl sites for hydroxylation is 2. The monoisotopic (exact) mass is 836 g/mol. The highest BCUT2D eigenvalue weighted by atomic mass is 16.6. The van der Waals surface area contributed by atoms with Crippen molar-refractivity contribution in [2.75, 3.05) is 36.2 Å². The predicted octanol–water partition coefficient (Wildman–Crippen LogP) is 14.9. The number of ether oxygens (including phenoxy) is 4. The number of benzene rings is 9. The van der Waals surface area contributed by atoms with Crippen molar-refractivity contribution >= 4 is 99.5 Å². The first-order chi connectivity index (χ1) is 31.5. The highest BCUT2D eigenvalue weighted by Crippen LogP contribution is 2.46. The van der Waals surface area contributed by atoms with Crippen LogP contribution in [-0.2, 0) is 0 Å². The number of para-hydroxylation sites is 2. The Morgan fingerprint density at radius 2 is 0.750 bits per heavy atom. The van der Waals surface area contributed by atoms with Crippen LogP contribution in [0.1, 0.15) is 11.1 Å². The quantitative estimate of drug-likeness (QED) is 0.164. The highest BCUT2D eigenvalue weighted by molar-refractivity contribution is 6.21. The van der Waals surface area contributed by atoms with Crippen molar-refractivity contribution in [2.45, 2.75) is 13.8 Å². The van der Waals surface area contributed by atoms with Crippen molar-refractivity contribution in [1.29, 1.82) is 0 Å². The van der Waals surface area contributed by atoms with Gasteiger partial charge in [-0.15, -0.1) is 0 Å². The number of rotatable bonds is 6. The summed E-state index contributed by atoms with van der Waals surface area (Å²) in [5, 5.41) is 8.51. The molecular formula is C56H40N2O6. The minimum atomic E-state index is 0.528. The maximum absolute atomic E-state index is 6.79. The number of hydrogen-bond acceptors (Lipinski definition) is 8. The predicted molar refractivity (Wildman–Crippen MR) is 257 cm³/mol. The molecule has 8 heteroatoms. The van der Waals surface area contributed by atoms with E-state index >= 15 is 0 Å². The molecule has 2 aliphatic heterocycles. The van der Waals surface area contributed by atoms with Crippen LogP contribution in [0.5, 0.6) is 23.0 Å². The molecule has 0 unspecified atom stereocenters. The van der Waals surface area contributed by atoms with E-state index in [0.717, 1.165) is 134 Å². The van der Waals surface area contributed by atoms with Gasteiger partial charge in [0.2, 0.25) is 0 Å². The summed E-state index contributed by atoms with van der Waals surface area (Å²) in [6.45, 7) is 6.44. The highest BCUT2D eigenvalue weighted by Gasteiger charge is 2.23. The van der Waals surface area contributed by atoms with Crippen molar-refractivity contribution < 1.29 is 27.8 Å². The van der Waals surface area contributed by atoms with Gasteiger partial charge >= 0.3 is 0 Å². The molecule has 0 spiro atoms. The third kappa shape index (κ3) is 5.83. The van der Waals surface area contributed by atoms with Crippen LogP contribution in [0, 0.1) is 13.8 Å². The van der Waals surface area contributed by atoms with Gasteiger partial charge in [-0.25, -0.2) is 0 Å². The smallest absolute Gasteiger partial charge is 0.178 e. The molecule has 0 N–H and O–H groups in total. The minimum absolute atomic E-state index is 0.528. The standard InChI is InChI=1S/C56H40N2O6/c1-33-7-3-5-9-47(33)57(41-15-19-49-53(31-41)61-23-21-59-49)39-13-11-35-27-45-43-17-18-44-46-28-36-12-14-40(26-38(36)30-52(46)64-56(44)55(43)63-51(45)29-37(35)25-39)58(48-10-6-4-8-34(48)2)42-16-20-50-54(32-42)62-24-22-60-50/h3-20,25-32H,21-24H2,1-2H3. The lowest BCUT2D eigenvalue weighted by molar-refractivity contribution is 0.171. The lowest BCUT2D eigenvalue weighted by Gasteiger charge is -2.28. The van der Waals surface area contributed by atoms with Crippen molar-refractivity contribution in [3.8, 4) is 23.0 Å². The molecule has 9 aromatic carbocycles. The zero-order valence-corrected chi connectivity index (χ0v) is 35.2. The Hall–Kier alpha value is -8.10. The third-order valence-corrected chi connectivity index (χ3v) is 12.8. The molecule has 2 aliphatic rings. The molecule has 2 aromatic heterocycles. The molecule has 310 valence electrons. The molecule has 0 radical (unpaired) electrons. The number of hydrogen-bond donors (Lipinski definition) is 0. The third-order valence-electron chi connectivity index (χ3n) is 12.8. The van der Waals surface area contributed by atoms with Crippen LogP contribution >= 0.6 is 0 Å². The summed E-state index contributed by atoms with van der Waals surface area (Å²) in [4.78, 5) is 4.55. The Morgan fingerprint density at radius 1 is 0.344 bits per heavy atom. The Balaban J connectivity index is 0.916. The normalized spacial score (nSPS) is 13.4. The minimum Gasteiger partial charge on any atom is -0.486 e. The van der Waals surface area contributed by atoms with E-state index in [1.807, 2.05) is 12.1 Å². The Kier molecular flexibility index (Phi) is 8.12. The summed E-state index contributed by atoms with van der Waals surface area (Å²) < 4.78 is 37.3. The molecule has 0 bridgehead atoms. The van der Waals surface area contributed by atoms with E-state index in [2.05, 4.69) is 169 Å². The van der Waals surface area contributed by atoms with E-state index in [4.69, 9.17) is 27.8 Å². The molecule has 0 aliphatic carbocycles. The first-order valence-corrected chi connectivity index (χ1v) is 21.7. The fourth-order valence-electron chi connectivity index (χ4n) is 9.63. The fourth-order valence-corrected chi connectivity index (χ4v) is 9.63. The molecular weight excluding hydrogens is 797 g/mol. The molecule has 11 aromatic rings. The average Bonchev–Trinajstić information content (AvgIpc) is 3.88. The van der Waals surface area contributed by atoms with Gasteiger partial charge in [0.15, 0.2) is 34.2 Å². The lowest BCUT2D eigenvalue weighted by Crippen LogP contribution is -2.16. The van der Waals surface area contributed by atoms with Crippen LogP contribution in [0.15, 0.2) is 167 Å². The number of nitrogens with zero attached hydrogens (tertiary/aromatic N) is 2. The molecule has 8 nitrogen and oxygen atoms in total. The summed E-state index contributed by atoms with van der Waals surface area (Å²) >= 11 is 0. The van der Waals surface area contributed by atoms with Gasteiger partial charge in [0.1, 0.15) is 37.6 Å². The summed E-state index contributed by atoms with van der Waals surface area (Å²) in [6, 6.07) is 55.5. The van der Waals surface area contributed by atoms with Crippen LogP contribution < -0.4 is 28.7 Å². The molecule has 4 heterocycles. The van der Waals surface area contributed by atoms with Gasteiger partial charge in [-0.2, -0.15) is 0 Å². The van der Waals surface area contributed by atoms with Crippen LogP contribution in [0.3, 0.4) is 0 Å². The summed E-state index contributed by atoms with van der Waals surface area (Å²) in [5.74, 6) is 3.03. The number of fused-ring (bicyclic) bond motifs is 11. The largest absolute Gasteiger partial charge is 0.486 e. The first kappa shape index (κ1) is 36.5. The lowest BCUT2D eigenvalue weighted by atomic mass is 10.0. The Bertz CT molecular complexity index is 3460. The molecule has 0 fully saturated rings. The topological polar surface area (TPSA) is 69.7 Å². The van der Waals surface area contributed by atoms with E-state index in [9.17, 15) is 0 Å². The SMILES string of the molecule is Cc1ccccc1N(c1ccc2c(c1)OCCO2)c1ccc2cc3c(cc2c1)oc1c3ccc2c3cc4ccc(N(c5ccc6c(c5)OCCO6)c5ccccc5C)cc4cc3oc21. The van der Waals surface area contributed by atoms with Crippen LogP contribution in [0.2, 0.25) is 0 Å². The van der Waals surface area contributed by atoms with Gasteiger partial charge in [0, 0.05) is 56.4 Å². The Labute approximate surface area is 367 Å². The first-order valence-electron chi connectivity index (χ1n) is 21.7. The zero-order chi connectivity index (χ0) is 42.5. The average molecular weight is 837 g/mol. The second-order valence-corrected chi connectivity index (χ2v) is 16.7. The van der Waals surface area contributed by atoms with Gasteiger partial charge in [0.05, 0.1) is 11.4 Å². The maximum atomic E-state index is 6.79. The van der Waals surface area contributed by atoms with Crippen molar-refractivity contribution in [3.05, 3.63) is 169 Å². The summed E-state index contributed by atoms with van der Waals surface area (Å²) in [6.07, 6.45) is 0. The summed E-state index contributed by atoms with van der Waals surface area (Å²) in [5.41, 5.74) is 11.6. The van der Waals surface area contributed by atoms with Crippen LogP contribution in [0.25, 0.3) is 65.4 Å². The zero-order valence-electron chi connectivity index (χ0n) is 35.2. The van der Waals surface area contributed by atoms with Crippen molar-refractivity contribution in [3.63, 3.8) is 0 Å². The van der Waals surface area contributed by atoms with Gasteiger partial charge in [-0.05, 0) is 144 Å². The maximum Gasteiger partial charge on any atom is 0.178 e. The Morgan fingerprint density at radius 3 is 1.20 bits per heavy atom. The van der Waals surface area contributed by atoms with Crippen LogP contribution in [0.4, 0.5) is 34.1 Å². The van der Waals surface area contributed by atoms with E-state index < -0.39 is 0 Å². The summed E-state index contributed by atoms with van der Waals surface area (Å²) in [7, 11) is 0. The van der Waals surface area contributed by atoms with Gasteiger partial charge in [-0.1, -0.05) is 48.5 Å². The molecule has 0 saturated heterocycles. The van der Waals surface area contributed by atoms with Gasteiger partial charge < -0.3 is 37.6 Å².